The van der Waals surface area contributed by atoms with Crippen molar-refractivity contribution in [2.45, 2.75) is 52.2 Å². The van der Waals surface area contributed by atoms with Gasteiger partial charge < -0.3 is 9.47 Å². The Morgan fingerprint density at radius 3 is 1.96 bits per heavy atom. The fourth-order valence-corrected chi connectivity index (χ4v) is 2.40. The molecule has 1 atom stereocenters. The molecule has 0 rings (SSSR count). The zero-order valence-electron chi connectivity index (χ0n) is 14.5. The first kappa shape index (κ1) is 21.4. The van der Waals surface area contributed by atoms with Crippen LogP contribution < -0.4 is 0 Å². The third-order valence-corrected chi connectivity index (χ3v) is 4.67. The highest BCUT2D eigenvalue weighted by Crippen LogP contribution is 2.31. The molecule has 6 heteroatoms. The molecule has 0 aliphatic carbocycles. The molecule has 0 aliphatic rings. The van der Waals surface area contributed by atoms with E-state index in [0.717, 1.165) is 0 Å². The third kappa shape index (κ3) is 6.19. The molecule has 0 aliphatic heterocycles. The topological polar surface area (TPSA) is 69.7 Å². The van der Waals surface area contributed by atoms with Crippen molar-refractivity contribution >= 4 is 22.7 Å². The Morgan fingerprint density at radius 2 is 1.61 bits per heavy atom. The van der Waals surface area contributed by atoms with Gasteiger partial charge in [-0.1, -0.05) is 6.08 Å². The number of allylic oxidation sites excluding steroid dienone is 1. The van der Waals surface area contributed by atoms with Gasteiger partial charge in [0.2, 0.25) is 0 Å². The quantitative estimate of drug-likeness (QED) is 0.385. The van der Waals surface area contributed by atoms with Gasteiger partial charge >= 0.3 is 11.9 Å². The predicted octanol–water partition coefficient (Wildman–Crippen LogP) is 2.57. The molecule has 0 amide bonds. The number of carbonyl (C=O) groups is 2. The molecule has 1 unspecified atom stereocenters. The van der Waals surface area contributed by atoms with Gasteiger partial charge in [-0.05, 0) is 46.4 Å². The molecule has 0 bridgehead atoms. The third-order valence-electron chi connectivity index (χ3n) is 3.03. The van der Waals surface area contributed by atoms with Crippen molar-refractivity contribution in [1.82, 2.24) is 0 Å². The summed E-state index contributed by atoms with van der Waals surface area (Å²) in [5.74, 6) is 0.905. The first-order valence-electron chi connectivity index (χ1n) is 7.51. The molecule has 0 saturated heterocycles. The lowest BCUT2D eigenvalue weighted by atomic mass is 9.81. The highest BCUT2D eigenvalue weighted by molar-refractivity contribution is 7.89. The fraction of sp³-hybridized carbons (Fsp3) is 0.647. The summed E-state index contributed by atoms with van der Waals surface area (Å²) in [5, 5.41) is 1.48. The standard InChI is InChI=1S/C17H26O5S/c1-7-11-17(14(18)21-8-2,15(19)22-9-3)12-10-13-23(20)16(4,5)6/h1,10,13H,8-9,11-12H2,2-6H3/b13-10+. The number of carbonyl (C=O) groups excluding carboxylic acids is 2. The highest BCUT2D eigenvalue weighted by atomic mass is 32.2. The molecular formula is C17H26O5S. The van der Waals surface area contributed by atoms with E-state index in [1.54, 1.807) is 13.8 Å². The molecular weight excluding hydrogens is 316 g/mol. The van der Waals surface area contributed by atoms with Gasteiger partial charge in [-0.25, -0.2) is 0 Å². The van der Waals surface area contributed by atoms with E-state index in [9.17, 15) is 13.8 Å². The normalized spacial score (nSPS) is 13.4. The summed E-state index contributed by atoms with van der Waals surface area (Å²) in [5.41, 5.74) is -1.60. The number of terminal acetylenes is 1. The van der Waals surface area contributed by atoms with Crippen LogP contribution in [0.15, 0.2) is 11.5 Å². The Labute approximate surface area is 141 Å². The summed E-state index contributed by atoms with van der Waals surface area (Å²) in [6.45, 7) is 9.04. The summed E-state index contributed by atoms with van der Waals surface area (Å²) in [6.07, 6.45) is 6.71. The second-order valence-electron chi connectivity index (χ2n) is 5.89. The number of hydrogen-bond acceptors (Lipinski definition) is 5. The van der Waals surface area contributed by atoms with Crippen molar-refractivity contribution in [3.05, 3.63) is 11.5 Å². The molecule has 0 aromatic heterocycles. The van der Waals surface area contributed by atoms with Gasteiger partial charge in [0, 0.05) is 11.2 Å². The van der Waals surface area contributed by atoms with Crippen LogP contribution in [0, 0.1) is 17.8 Å². The van der Waals surface area contributed by atoms with E-state index < -0.39 is 32.9 Å². The van der Waals surface area contributed by atoms with E-state index in [1.165, 1.54) is 11.5 Å². The van der Waals surface area contributed by atoms with Crippen LogP contribution in [0.5, 0.6) is 0 Å². The van der Waals surface area contributed by atoms with E-state index in [0.29, 0.717) is 0 Å². The number of rotatable bonds is 8. The second-order valence-corrected chi connectivity index (χ2v) is 7.98. The number of esters is 2. The Hall–Kier alpha value is -1.61. The minimum absolute atomic E-state index is 0.0172. The molecule has 0 heterocycles. The zero-order chi connectivity index (χ0) is 18.1. The molecule has 0 saturated carbocycles. The number of hydrogen-bond donors (Lipinski definition) is 0. The van der Waals surface area contributed by atoms with E-state index in [2.05, 4.69) is 5.92 Å². The maximum atomic E-state index is 12.3. The lowest BCUT2D eigenvalue weighted by Crippen LogP contribution is -2.41. The Balaban J connectivity index is 5.52. The average molecular weight is 342 g/mol. The predicted molar refractivity (Wildman–Crippen MR) is 90.8 cm³/mol. The lowest BCUT2D eigenvalue weighted by Gasteiger charge is -2.26. The minimum atomic E-state index is -1.60. The van der Waals surface area contributed by atoms with Crippen LogP contribution in [0.1, 0.15) is 47.5 Å². The van der Waals surface area contributed by atoms with Crippen molar-refractivity contribution in [3.8, 4) is 12.3 Å². The summed E-state index contributed by atoms with van der Waals surface area (Å²) in [7, 11) is -1.25. The van der Waals surface area contributed by atoms with Crippen LogP contribution >= 0.6 is 0 Å². The molecule has 0 fully saturated rings. The Morgan fingerprint density at radius 1 is 1.13 bits per heavy atom. The highest BCUT2D eigenvalue weighted by Gasteiger charge is 2.47. The maximum absolute atomic E-state index is 12.3. The molecule has 130 valence electrons. The SMILES string of the molecule is C#CCC(C/C=C/S(=O)C(C)(C)C)(C(=O)OCC)C(=O)OCC. The van der Waals surface area contributed by atoms with Gasteiger partial charge in [-0.2, -0.15) is 0 Å². The van der Waals surface area contributed by atoms with Crippen LogP contribution in [0.25, 0.3) is 0 Å². The van der Waals surface area contributed by atoms with Crippen LogP contribution in [0.2, 0.25) is 0 Å². The van der Waals surface area contributed by atoms with E-state index in [1.807, 2.05) is 20.8 Å². The van der Waals surface area contributed by atoms with Crippen LogP contribution in [0.4, 0.5) is 0 Å². The summed E-state index contributed by atoms with van der Waals surface area (Å²) < 4.78 is 21.6. The van der Waals surface area contributed by atoms with E-state index in [4.69, 9.17) is 15.9 Å². The smallest absolute Gasteiger partial charge is 0.324 e. The van der Waals surface area contributed by atoms with Crippen LogP contribution in [-0.2, 0) is 29.9 Å². The second kappa shape index (κ2) is 9.51. The van der Waals surface area contributed by atoms with Gasteiger partial charge in [0.05, 0.1) is 24.0 Å². The monoisotopic (exact) mass is 342 g/mol. The van der Waals surface area contributed by atoms with Crippen molar-refractivity contribution in [3.63, 3.8) is 0 Å². The lowest BCUT2D eigenvalue weighted by molar-refractivity contribution is -0.171. The minimum Gasteiger partial charge on any atom is -0.465 e. The van der Waals surface area contributed by atoms with Crippen molar-refractivity contribution in [2.75, 3.05) is 13.2 Å². The largest absolute Gasteiger partial charge is 0.465 e. The van der Waals surface area contributed by atoms with Crippen molar-refractivity contribution < 1.29 is 23.3 Å². The summed E-state index contributed by atoms with van der Waals surface area (Å²) >= 11 is 0. The van der Waals surface area contributed by atoms with Gasteiger partial charge in [0.1, 0.15) is 0 Å². The summed E-state index contributed by atoms with van der Waals surface area (Å²) in [6, 6.07) is 0. The average Bonchev–Trinajstić information content (AvgIpc) is 2.45. The zero-order valence-corrected chi connectivity index (χ0v) is 15.3. The van der Waals surface area contributed by atoms with Gasteiger partial charge in [-0.3, -0.25) is 13.8 Å². The van der Waals surface area contributed by atoms with Crippen molar-refractivity contribution in [1.29, 1.82) is 0 Å². The Kier molecular flexibility index (Phi) is 8.85. The van der Waals surface area contributed by atoms with E-state index in [-0.39, 0.29) is 26.1 Å². The molecule has 0 spiro atoms. The van der Waals surface area contributed by atoms with Gasteiger partial charge in [-0.15, -0.1) is 12.3 Å². The van der Waals surface area contributed by atoms with Crippen LogP contribution in [-0.4, -0.2) is 34.1 Å². The van der Waals surface area contributed by atoms with E-state index >= 15 is 0 Å². The fourth-order valence-electron chi connectivity index (χ4n) is 1.72. The van der Waals surface area contributed by atoms with Crippen LogP contribution in [0.3, 0.4) is 0 Å². The molecule has 0 aromatic carbocycles. The van der Waals surface area contributed by atoms with Gasteiger partial charge in [0.15, 0.2) is 5.41 Å². The molecule has 0 N–H and O–H groups in total. The molecule has 23 heavy (non-hydrogen) atoms. The molecule has 5 nitrogen and oxygen atoms in total. The first-order valence-corrected chi connectivity index (χ1v) is 8.72. The Bertz CT molecular complexity index is 490. The molecule has 0 radical (unpaired) electrons. The molecule has 0 aromatic rings. The van der Waals surface area contributed by atoms with Crippen molar-refractivity contribution in [2.24, 2.45) is 5.41 Å². The number of ether oxygens (including phenoxy) is 2. The maximum Gasteiger partial charge on any atom is 0.324 e. The first-order chi connectivity index (χ1) is 10.7. The van der Waals surface area contributed by atoms with Gasteiger partial charge in [0.25, 0.3) is 0 Å². The summed E-state index contributed by atoms with van der Waals surface area (Å²) in [4.78, 5) is 24.6.